The molecule has 0 aliphatic carbocycles. The number of rotatable bonds is 7. The Labute approximate surface area is 188 Å². The van der Waals surface area contributed by atoms with E-state index in [1.165, 1.54) is 6.07 Å². The van der Waals surface area contributed by atoms with E-state index in [4.69, 9.17) is 0 Å². The van der Waals surface area contributed by atoms with Gasteiger partial charge in [0.1, 0.15) is 10.6 Å². The number of phenols is 1. The van der Waals surface area contributed by atoms with Crippen LogP contribution in [0.5, 0.6) is 5.75 Å². The fraction of sp³-hybridized carbons (Fsp3) is 0.111. The molecule has 0 heterocycles. The Kier molecular flexibility index (Phi) is 6.40. The lowest BCUT2D eigenvalue weighted by Crippen LogP contribution is -2.11. The highest BCUT2D eigenvalue weighted by atomic mass is 32.2. The summed E-state index contributed by atoms with van der Waals surface area (Å²) in [6.07, 6.45) is 1.20. The molecule has 4 rings (SSSR count). The molecule has 0 amide bonds. The fourth-order valence-electron chi connectivity index (χ4n) is 4.02. The van der Waals surface area contributed by atoms with Gasteiger partial charge in [0.15, 0.2) is 0 Å². The monoisotopic (exact) mass is 444 g/mol. The third-order valence-corrected chi connectivity index (χ3v) is 6.47. The zero-order valence-corrected chi connectivity index (χ0v) is 18.3. The summed E-state index contributed by atoms with van der Waals surface area (Å²) in [5, 5.41) is 10.9. The maximum atomic E-state index is 12.3. The maximum absolute atomic E-state index is 12.3. The van der Waals surface area contributed by atoms with E-state index in [0.29, 0.717) is 30.4 Å². The smallest absolute Gasteiger partial charge is 0.294 e. The topological polar surface area (TPSA) is 74.6 Å². The first-order valence-electron chi connectivity index (χ1n) is 10.4. The van der Waals surface area contributed by atoms with Gasteiger partial charge in [-0.1, -0.05) is 91.0 Å². The van der Waals surface area contributed by atoms with Gasteiger partial charge in [0.2, 0.25) is 0 Å². The molecule has 4 aromatic carbocycles. The van der Waals surface area contributed by atoms with Crippen molar-refractivity contribution in [3.05, 3.63) is 130 Å². The lowest BCUT2D eigenvalue weighted by Gasteiger charge is -2.20. The zero-order chi connectivity index (χ0) is 22.6. The Balaban J connectivity index is 1.95. The highest BCUT2D eigenvalue weighted by molar-refractivity contribution is 7.85. The van der Waals surface area contributed by atoms with Crippen LogP contribution in [0.2, 0.25) is 0 Å². The number of hydrogen-bond donors (Lipinski definition) is 2. The highest BCUT2D eigenvalue weighted by Crippen LogP contribution is 2.35. The van der Waals surface area contributed by atoms with Crippen molar-refractivity contribution in [1.82, 2.24) is 0 Å². The van der Waals surface area contributed by atoms with Crippen molar-refractivity contribution in [1.29, 1.82) is 0 Å². The Hall–Kier alpha value is -3.41. The quantitative estimate of drug-likeness (QED) is 0.374. The SMILES string of the molecule is O=S(=O)(O)c1cc(O)c(Cc2ccccc2)c(Cc2ccccc2)c1Cc1ccccc1. The summed E-state index contributed by atoms with van der Waals surface area (Å²) in [5.74, 6) is -0.135. The first-order valence-corrected chi connectivity index (χ1v) is 11.8. The summed E-state index contributed by atoms with van der Waals surface area (Å²) >= 11 is 0. The molecule has 0 aliphatic rings. The highest BCUT2D eigenvalue weighted by Gasteiger charge is 2.25. The molecule has 0 saturated heterocycles. The number of benzene rings is 4. The standard InChI is InChI=1S/C27H24O4S/c28-26-19-27(32(29,30)31)25(18-22-14-8-3-9-15-22)23(16-20-10-4-1-5-11-20)24(26)17-21-12-6-2-7-13-21/h1-15,19,28H,16-18H2,(H,29,30,31). The van der Waals surface area contributed by atoms with Gasteiger partial charge >= 0.3 is 0 Å². The molecule has 0 unspecified atom stereocenters. The Morgan fingerprint density at radius 1 is 0.562 bits per heavy atom. The number of phenolic OH excluding ortho intramolecular Hbond substituents is 1. The Morgan fingerprint density at radius 3 is 1.34 bits per heavy atom. The molecule has 0 aliphatic heterocycles. The molecule has 2 N–H and O–H groups in total. The van der Waals surface area contributed by atoms with Crippen molar-refractivity contribution in [2.24, 2.45) is 0 Å². The van der Waals surface area contributed by atoms with Crippen LogP contribution in [0.3, 0.4) is 0 Å². The van der Waals surface area contributed by atoms with Crippen LogP contribution in [0.1, 0.15) is 33.4 Å². The normalized spacial score (nSPS) is 11.4. The van der Waals surface area contributed by atoms with Crippen molar-refractivity contribution in [3.63, 3.8) is 0 Å². The first-order chi connectivity index (χ1) is 15.4. The molecule has 0 radical (unpaired) electrons. The second-order valence-corrected chi connectivity index (χ2v) is 9.18. The van der Waals surface area contributed by atoms with Gasteiger partial charge in [-0.2, -0.15) is 8.42 Å². The van der Waals surface area contributed by atoms with Crippen molar-refractivity contribution in [2.45, 2.75) is 24.2 Å². The van der Waals surface area contributed by atoms with Gasteiger partial charge < -0.3 is 5.11 Å². The molecular formula is C27H24O4S. The first kappa shape index (κ1) is 21.8. The van der Waals surface area contributed by atoms with E-state index < -0.39 is 10.1 Å². The third-order valence-electron chi connectivity index (χ3n) is 5.55. The molecule has 4 nitrogen and oxygen atoms in total. The van der Waals surface area contributed by atoms with Crippen molar-refractivity contribution in [3.8, 4) is 5.75 Å². The Bertz CT molecular complexity index is 1300. The second kappa shape index (κ2) is 9.39. The van der Waals surface area contributed by atoms with Crippen LogP contribution in [-0.4, -0.2) is 18.1 Å². The number of aromatic hydroxyl groups is 1. The molecule has 32 heavy (non-hydrogen) atoms. The van der Waals surface area contributed by atoms with Crippen LogP contribution in [0, 0.1) is 0 Å². The van der Waals surface area contributed by atoms with Crippen LogP contribution in [0.15, 0.2) is 102 Å². The summed E-state index contributed by atoms with van der Waals surface area (Å²) in [7, 11) is -4.54. The van der Waals surface area contributed by atoms with E-state index in [0.717, 1.165) is 22.3 Å². The van der Waals surface area contributed by atoms with Crippen LogP contribution < -0.4 is 0 Å². The third kappa shape index (κ3) is 5.07. The minimum atomic E-state index is -4.54. The maximum Gasteiger partial charge on any atom is 0.294 e. The molecule has 0 bridgehead atoms. The van der Waals surface area contributed by atoms with E-state index in [9.17, 15) is 18.1 Å². The number of hydrogen-bond acceptors (Lipinski definition) is 3. The average Bonchev–Trinajstić information content (AvgIpc) is 2.79. The van der Waals surface area contributed by atoms with Gasteiger partial charge in [0.05, 0.1) is 0 Å². The van der Waals surface area contributed by atoms with Gasteiger partial charge in [-0.05, 0) is 40.7 Å². The molecule has 0 fully saturated rings. The minimum Gasteiger partial charge on any atom is -0.508 e. The zero-order valence-electron chi connectivity index (χ0n) is 17.5. The summed E-state index contributed by atoms with van der Waals surface area (Å²) in [6.45, 7) is 0. The summed E-state index contributed by atoms with van der Waals surface area (Å²) in [6, 6.07) is 30.2. The van der Waals surface area contributed by atoms with E-state index in [1.807, 2.05) is 91.0 Å². The van der Waals surface area contributed by atoms with Crippen LogP contribution in [0.25, 0.3) is 0 Å². The van der Waals surface area contributed by atoms with Gasteiger partial charge in [-0.15, -0.1) is 0 Å². The largest absolute Gasteiger partial charge is 0.508 e. The summed E-state index contributed by atoms with van der Waals surface area (Å²) in [4.78, 5) is -0.249. The van der Waals surface area contributed by atoms with Crippen molar-refractivity contribution >= 4 is 10.1 Å². The second-order valence-electron chi connectivity index (χ2n) is 7.79. The molecule has 0 aromatic heterocycles. The van der Waals surface area contributed by atoms with E-state index >= 15 is 0 Å². The van der Waals surface area contributed by atoms with Crippen LogP contribution >= 0.6 is 0 Å². The molecule has 4 aromatic rings. The van der Waals surface area contributed by atoms with Crippen molar-refractivity contribution < 1.29 is 18.1 Å². The lowest BCUT2D eigenvalue weighted by molar-refractivity contribution is 0.459. The van der Waals surface area contributed by atoms with Crippen LogP contribution in [-0.2, 0) is 29.4 Å². The predicted molar refractivity (Wildman–Crippen MR) is 126 cm³/mol. The summed E-state index contributed by atoms with van der Waals surface area (Å²) < 4.78 is 34.6. The molecule has 0 atom stereocenters. The average molecular weight is 445 g/mol. The minimum absolute atomic E-state index is 0.135. The fourth-order valence-corrected chi connectivity index (χ4v) is 4.79. The lowest BCUT2D eigenvalue weighted by atomic mass is 9.88. The van der Waals surface area contributed by atoms with Gasteiger partial charge in [0.25, 0.3) is 10.1 Å². The molecule has 0 saturated carbocycles. The van der Waals surface area contributed by atoms with E-state index in [-0.39, 0.29) is 10.6 Å². The van der Waals surface area contributed by atoms with Gasteiger partial charge in [-0.25, -0.2) is 0 Å². The Morgan fingerprint density at radius 2 is 0.938 bits per heavy atom. The summed E-state index contributed by atoms with van der Waals surface area (Å²) in [5.41, 5.74) is 4.80. The molecule has 0 spiro atoms. The van der Waals surface area contributed by atoms with Gasteiger partial charge in [-0.3, -0.25) is 4.55 Å². The van der Waals surface area contributed by atoms with Crippen molar-refractivity contribution in [2.75, 3.05) is 0 Å². The molecule has 162 valence electrons. The molecule has 5 heteroatoms. The van der Waals surface area contributed by atoms with E-state index in [1.54, 1.807) is 0 Å². The predicted octanol–water partition coefficient (Wildman–Crippen LogP) is 5.41. The van der Waals surface area contributed by atoms with E-state index in [2.05, 4.69) is 0 Å². The van der Waals surface area contributed by atoms with Gasteiger partial charge in [0, 0.05) is 18.1 Å². The van der Waals surface area contributed by atoms with Crippen LogP contribution in [0.4, 0.5) is 0 Å². The molecular weight excluding hydrogens is 420 g/mol.